The normalized spacial score (nSPS) is 19.1. The van der Waals surface area contributed by atoms with Crippen LogP contribution in [-0.2, 0) is 4.79 Å². The molecule has 1 saturated heterocycles. The second-order valence-corrected chi connectivity index (χ2v) is 4.90. The van der Waals surface area contributed by atoms with E-state index in [-0.39, 0.29) is 0 Å². The molecule has 2 atom stereocenters. The van der Waals surface area contributed by atoms with Crippen LogP contribution in [0.2, 0.25) is 0 Å². The number of hydrogen-bond donors (Lipinski definition) is 5. The number of carboxylic acids is 1. The van der Waals surface area contributed by atoms with Crippen molar-refractivity contribution in [1.29, 1.82) is 0 Å². The molecule has 116 valence electrons. The molecule has 0 spiro atoms. The van der Waals surface area contributed by atoms with E-state index in [4.69, 9.17) is 5.11 Å². The molecule has 1 aliphatic rings. The smallest absolute Gasteiger partial charge is 0.328 e. The highest BCUT2D eigenvalue weighted by Crippen LogP contribution is 1.94. The van der Waals surface area contributed by atoms with Crippen molar-refractivity contribution in [1.82, 2.24) is 20.9 Å². The average Bonchev–Trinajstić information content (AvgIpc) is 2.41. The minimum Gasteiger partial charge on any atom is -0.480 e. The van der Waals surface area contributed by atoms with Gasteiger partial charge in [0.25, 0.3) is 0 Å². The van der Waals surface area contributed by atoms with Crippen LogP contribution in [0.4, 0.5) is 4.79 Å². The summed E-state index contributed by atoms with van der Waals surface area (Å²) >= 11 is 0. The fourth-order valence-electron chi connectivity index (χ4n) is 2.02. The monoisotopic (exact) mass is 288 g/mol. The third-order valence-corrected chi connectivity index (χ3v) is 3.18. The van der Waals surface area contributed by atoms with Crippen LogP contribution in [0.25, 0.3) is 0 Å². The lowest BCUT2D eigenvalue weighted by Crippen LogP contribution is -2.51. The first-order valence-electron chi connectivity index (χ1n) is 6.89. The highest BCUT2D eigenvalue weighted by atomic mass is 16.4. The number of nitrogens with zero attached hydrogens (tertiary/aromatic N) is 1. The number of carbonyl (C=O) groups is 2. The lowest BCUT2D eigenvalue weighted by molar-refractivity contribution is -0.141. The van der Waals surface area contributed by atoms with Gasteiger partial charge in [-0.3, -0.25) is 0 Å². The zero-order valence-corrected chi connectivity index (χ0v) is 11.8. The van der Waals surface area contributed by atoms with Gasteiger partial charge in [-0.25, -0.2) is 9.59 Å². The van der Waals surface area contributed by atoms with Crippen molar-refractivity contribution in [2.75, 3.05) is 39.3 Å². The Morgan fingerprint density at radius 3 is 2.55 bits per heavy atom. The minimum atomic E-state index is -1.29. The summed E-state index contributed by atoms with van der Waals surface area (Å²) in [6.45, 7) is 6.70. The summed E-state index contributed by atoms with van der Waals surface area (Å²) in [5.74, 6) is -1.25. The number of urea groups is 1. The van der Waals surface area contributed by atoms with Gasteiger partial charge in [-0.05, 0) is 19.9 Å². The molecule has 1 fully saturated rings. The summed E-state index contributed by atoms with van der Waals surface area (Å²) in [7, 11) is 0. The van der Waals surface area contributed by atoms with Crippen LogP contribution < -0.4 is 16.0 Å². The van der Waals surface area contributed by atoms with E-state index in [0.29, 0.717) is 6.54 Å². The standard InChI is InChI=1S/C12H24N4O4/c1-9(17)10(11(18)19)15-12(20)14-3-2-6-16-7-4-13-5-8-16/h9-10,13,17H,2-8H2,1H3,(H,18,19)(H2,14,15,20). The fraction of sp³-hybridized carbons (Fsp3) is 0.833. The zero-order valence-electron chi connectivity index (χ0n) is 11.8. The van der Waals surface area contributed by atoms with Gasteiger partial charge in [-0.15, -0.1) is 0 Å². The molecule has 2 amide bonds. The van der Waals surface area contributed by atoms with Crippen LogP contribution in [0.3, 0.4) is 0 Å². The molecule has 0 bridgehead atoms. The number of aliphatic carboxylic acids is 1. The quantitative estimate of drug-likeness (QED) is 0.361. The second-order valence-electron chi connectivity index (χ2n) is 4.90. The van der Waals surface area contributed by atoms with Crippen molar-refractivity contribution in [3.05, 3.63) is 0 Å². The Kier molecular flexibility index (Phi) is 7.27. The molecule has 0 aromatic carbocycles. The first kappa shape index (κ1) is 16.7. The number of carboxylic acid groups (broad SMARTS) is 1. The average molecular weight is 288 g/mol. The molecule has 0 aromatic heterocycles. The van der Waals surface area contributed by atoms with E-state index in [1.807, 2.05) is 0 Å². The van der Waals surface area contributed by atoms with Crippen molar-refractivity contribution in [3.63, 3.8) is 0 Å². The maximum absolute atomic E-state index is 11.5. The van der Waals surface area contributed by atoms with E-state index in [0.717, 1.165) is 39.1 Å². The van der Waals surface area contributed by atoms with Crippen molar-refractivity contribution < 1.29 is 19.8 Å². The molecule has 8 nitrogen and oxygen atoms in total. The largest absolute Gasteiger partial charge is 0.480 e. The molecule has 8 heteroatoms. The Hall–Kier alpha value is -1.38. The number of nitrogens with one attached hydrogen (secondary N) is 3. The molecule has 0 radical (unpaired) electrons. The minimum absolute atomic E-state index is 0.474. The number of amides is 2. The maximum Gasteiger partial charge on any atom is 0.328 e. The van der Waals surface area contributed by atoms with Crippen molar-refractivity contribution in [2.24, 2.45) is 0 Å². The summed E-state index contributed by atoms with van der Waals surface area (Å²) in [5.41, 5.74) is 0. The van der Waals surface area contributed by atoms with E-state index in [1.54, 1.807) is 0 Å². The van der Waals surface area contributed by atoms with E-state index in [2.05, 4.69) is 20.9 Å². The summed E-state index contributed by atoms with van der Waals surface area (Å²) in [6, 6.07) is -1.86. The van der Waals surface area contributed by atoms with Gasteiger partial charge in [-0.2, -0.15) is 0 Å². The van der Waals surface area contributed by atoms with E-state index in [1.165, 1.54) is 6.92 Å². The van der Waals surface area contributed by atoms with Crippen LogP contribution in [-0.4, -0.2) is 78.5 Å². The van der Waals surface area contributed by atoms with E-state index < -0.39 is 24.1 Å². The first-order chi connectivity index (χ1) is 9.50. The summed E-state index contributed by atoms with van der Waals surface area (Å²) in [6.07, 6.45) is -0.334. The summed E-state index contributed by atoms with van der Waals surface area (Å²) < 4.78 is 0. The Labute approximate surface area is 118 Å². The predicted octanol–water partition coefficient (Wildman–Crippen LogP) is -1.59. The van der Waals surface area contributed by atoms with Gasteiger partial charge in [0.15, 0.2) is 6.04 Å². The maximum atomic E-state index is 11.5. The third kappa shape index (κ3) is 6.18. The Balaban J connectivity index is 2.14. The number of rotatable bonds is 7. The van der Waals surface area contributed by atoms with Gasteiger partial charge < -0.3 is 31.1 Å². The van der Waals surface area contributed by atoms with Gasteiger partial charge in [0.1, 0.15) is 0 Å². The SMILES string of the molecule is CC(O)C(NC(=O)NCCCN1CCNCC1)C(=O)O. The molecule has 5 N–H and O–H groups in total. The molecule has 0 aromatic rings. The lowest BCUT2D eigenvalue weighted by Gasteiger charge is -2.27. The zero-order chi connectivity index (χ0) is 15.0. The number of aliphatic hydroxyl groups is 1. The number of hydrogen-bond acceptors (Lipinski definition) is 5. The number of carbonyl (C=O) groups excluding carboxylic acids is 1. The topological polar surface area (TPSA) is 114 Å². The van der Waals surface area contributed by atoms with Crippen LogP contribution in [0.15, 0.2) is 0 Å². The Morgan fingerprint density at radius 1 is 1.35 bits per heavy atom. The van der Waals surface area contributed by atoms with E-state index in [9.17, 15) is 14.7 Å². The molecule has 1 heterocycles. The molecule has 20 heavy (non-hydrogen) atoms. The first-order valence-corrected chi connectivity index (χ1v) is 6.89. The van der Waals surface area contributed by atoms with Gasteiger partial charge in [0.2, 0.25) is 0 Å². The highest BCUT2D eigenvalue weighted by molar-refractivity contribution is 5.82. The van der Waals surface area contributed by atoms with Gasteiger partial charge in [0, 0.05) is 32.7 Å². The summed E-state index contributed by atoms with van der Waals surface area (Å²) in [4.78, 5) is 24.6. The third-order valence-electron chi connectivity index (χ3n) is 3.18. The van der Waals surface area contributed by atoms with Gasteiger partial charge in [0.05, 0.1) is 6.10 Å². The predicted molar refractivity (Wildman–Crippen MR) is 73.6 cm³/mol. The summed E-state index contributed by atoms with van der Waals surface area (Å²) in [5, 5.41) is 26.1. The molecule has 0 aliphatic carbocycles. The molecule has 1 rings (SSSR count). The Morgan fingerprint density at radius 2 is 2.00 bits per heavy atom. The molecular weight excluding hydrogens is 264 g/mol. The van der Waals surface area contributed by atoms with Crippen LogP contribution in [0.5, 0.6) is 0 Å². The number of aliphatic hydroxyl groups excluding tert-OH is 1. The van der Waals surface area contributed by atoms with Crippen LogP contribution in [0, 0.1) is 0 Å². The van der Waals surface area contributed by atoms with Crippen molar-refractivity contribution >= 4 is 12.0 Å². The van der Waals surface area contributed by atoms with Gasteiger partial charge in [-0.1, -0.05) is 0 Å². The van der Waals surface area contributed by atoms with Gasteiger partial charge >= 0.3 is 12.0 Å². The van der Waals surface area contributed by atoms with Crippen molar-refractivity contribution in [2.45, 2.75) is 25.5 Å². The Bertz CT molecular complexity index is 319. The lowest BCUT2D eigenvalue weighted by atomic mass is 10.2. The fourth-order valence-corrected chi connectivity index (χ4v) is 2.02. The molecule has 2 unspecified atom stereocenters. The van der Waals surface area contributed by atoms with Crippen molar-refractivity contribution in [3.8, 4) is 0 Å². The second kappa shape index (κ2) is 8.72. The van der Waals surface area contributed by atoms with E-state index >= 15 is 0 Å². The number of piperazine rings is 1. The van der Waals surface area contributed by atoms with Crippen LogP contribution in [0.1, 0.15) is 13.3 Å². The molecule has 0 saturated carbocycles. The molecular formula is C12H24N4O4. The molecule has 1 aliphatic heterocycles. The van der Waals surface area contributed by atoms with Crippen LogP contribution >= 0.6 is 0 Å². The highest BCUT2D eigenvalue weighted by Gasteiger charge is 2.24.